The van der Waals surface area contributed by atoms with Gasteiger partial charge in [-0.3, -0.25) is 0 Å². The van der Waals surface area contributed by atoms with Gasteiger partial charge < -0.3 is 4.84 Å². The van der Waals surface area contributed by atoms with Crippen molar-refractivity contribution in [3.8, 4) is 0 Å². The van der Waals surface area contributed by atoms with Crippen LogP contribution >= 0.6 is 0 Å². The van der Waals surface area contributed by atoms with Crippen molar-refractivity contribution in [1.29, 1.82) is 0 Å². The van der Waals surface area contributed by atoms with Crippen LogP contribution in [-0.4, -0.2) is 5.71 Å². The number of allylic oxidation sites excluding steroid dienone is 4. The second kappa shape index (κ2) is 8.23. The molecule has 2 rings (SSSR count). The molecular formula is C20H22F5NO. The number of rotatable bonds is 5. The molecule has 0 saturated heterocycles. The van der Waals surface area contributed by atoms with E-state index in [2.05, 4.69) is 32.0 Å². The lowest BCUT2D eigenvalue weighted by molar-refractivity contribution is 0.123. The van der Waals surface area contributed by atoms with Crippen molar-refractivity contribution in [1.82, 2.24) is 0 Å². The highest BCUT2D eigenvalue weighted by Gasteiger charge is 2.30. The van der Waals surface area contributed by atoms with Crippen molar-refractivity contribution in [3.63, 3.8) is 0 Å². The Bertz CT molecular complexity index is 782. The van der Waals surface area contributed by atoms with Gasteiger partial charge in [-0.2, -0.15) is 0 Å². The van der Waals surface area contributed by atoms with Gasteiger partial charge in [-0.15, -0.1) is 0 Å². The van der Waals surface area contributed by atoms with E-state index in [9.17, 15) is 22.0 Å². The zero-order chi connectivity index (χ0) is 20.4. The fraction of sp³-hybridized carbons (Fsp3) is 0.450. The van der Waals surface area contributed by atoms with Crippen LogP contribution in [-0.2, 0) is 11.4 Å². The Hall–Kier alpha value is -2.18. The summed E-state index contributed by atoms with van der Waals surface area (Å²) >= 11 is 0. The molecule has 0 radical (unpaired) electrons. The molecule has 0 spiro atoms. The first-order valence-corrected chi connectivity index (χ1v) is 8.58. The highest BCUT2D eigenvalue weighted by atomic mass is 19.2. The van der Waals surface area contributed by atoms with Gasteiger partial charge in [0.05, 0.1) is 11.3 Å². The Morgan fingerprint density at radius 1 is 1.11 bits per heavy atom. The van der Waals surface area contributed by atoms with Crippen LogP contribution in [0.5, 0.6) is 0 Å². The molecule has 0 aromatic heterocycles. The van der Waals surface area contributed by atoms with Gasteiger partial charge in [0.25, 0.3) is 0 Å². The molecule has 0 heterocycles. The average Bonchev–Trinajstić information content (AvgIpc) is 2.60. The number of nitrogens with zero attached hydrogens (tertiary/aromatic N) is 1. The van der Waals surface area contributed by atoms with Crippen LogP contribution in [0.4, 0.5) is 22.0 Å². The van der Waals surface area contributed by atoms with Gasteiger partial charge in [-0.05, 0) is 38.2 Å². The number of benzene rings is 1. The molecule has 0 N–H and O–H groups in total. The monoisotopic (exact) mass is 387 g/mol. The smallest absolute Gasteiger partial charge is 0.200 e. The van der Waals surface area contributed by atoms with Crippen LogP contribution in [0.1, 0.15) is 46.1 Å². The van der Waals surface area contributed by atoms with Crippen molar-refractivity contribution < 1.29 is 26.8 Å². The van der Waals surface area contributed by atoms with Gasteiger partial charge >= 0.3 is 0 Å². The van der Waals surface area contributed by atoms with Crippen LogP contribution in [0.3, 0.4) is 0 Å². The van der Waals surface area contributed by atoms with Gasteiger partial charge in [0.2, 0.25) is 5.82 Å². The predicted octanol–water partition coefficient (Wildman–Crippen LogP) is 6.21. The number of hydrogen-bond donors (Lipinski definition) is 0. The molecule has 1 aromatic rings. The normalized spacial score (nSPS) is 20.1. The molecule has 0 saturated carbocycles. The molecular weight excluding hydrogens is 365 g/mol. The maximum absolute atomic E-state index is 13.6. The number of hydrogen-bond acceptors (Lipinski definition) is 2. The van der Waals surface area contributed by atoms with Gasteiger partial charge in [0, 0.05) is 5.92 Å². The van der Waals surface area contributed by atoms with E-state index in [4.69, 9.17) is 4.84 Å². The first-order valence-electron chi connectivity index (χ1n) is 8.58. The molecule has 0 amide bonds. The van der Waals surface area contributed by atoms with Crippen molar-refractivity contribution in [2.75, 3.05) is 0 Å². The first-order chi connectivity index (χ1) is 12.6. The summed E-state index contributed by atoms with van der Waals surface area (Å²) < 4.78 is 66.5. The minimum atomic E-state index is -2.20. The van der Waals surface area contributed by atoms with Crippen molar-refractivity contribution >= 4 is 5.71 Å². The molecule has 7 heteroatoms. The van der Waals surface area contributed by atoms with E-state index in [-0.39, 0.29) is 11.3 Å². The molecule has 0 fully saturated rings. The third-order valence-electron chi connectivity index (χ3n) is 4.84. The average molecular weight is 387 g/mol. The fourth-order valence-corrected chi connectivity index (χ4v) is 3.22. The minimum absolute atomic E-state index is 0.0892. The van der Waals surface area contributed by atoms with Gasteiger partial charge in [-0.1, -0.05) is 36.7 Å². The zero-order valence-corrected chi connectivity index (χ0v) is 15.7. The van der Waals surface area contributed by atoms with E-state index in [1.165, 1.54) is 5.57 Å². The Kier molecular flexibility index (Phi) is 6.44. The summed E-state index contributed by atoms with van der Waals surface area (Å²) in [7, 11) is 0. The van der Waals surface area contributed by atoms with Gasteiger partial charge in [0.15, 0.2) is 23.3 Å². The summed E-state index contributed by atoms with van der Waals surface area (Å²) in [4.78, 5) is 4.80. The molecule has 0 bridgehead atoms. The second-order valence-electron chi connectivity index (χ2n) is 7.37. The Labute approximate surface area is 155 Å². The van der Waals surface area contributed by atoms with Crippen LogP contribution in [0, 0.1) is 40.4 Å². The van der Waals surface area contributed by atoms with Crippen LogP contribution in [0.25, 0.3) is 0 Å². The summed E-state index contributed by atoms with van der Waals surface area (Å²) in [5.41, 5.74) is 0.691. The predicted molar refractivity (Wildman–Crippen MR) is 93.5 cm³/mol. The maximum Gasteiger partial charge on any atom is 0.200 e. The zero-order valence-electron chi connectivity index (χ0n) is 15.7. The van der Waals surface area contributed by atoms with E-state index in [1.54, 1.807) is 13.0 Å². The van der Waals surface area contributed by atoms with E-state index in [1.807, 2.05) is 6.08 Å². The molecule has 1 unspecified atom stereocenters. The third kappa shape index (κ3) is 4.57. The lowest BCUT2D eigenvalue weighted by Crippen LogP contribution is -2.26. The maximum atomic E-state index is 13.6. The molecule has 1 aromatic carbocycles. The van der Waals surface area contributed by atoms with Crippen LogP contribution < -0.4 is 0 Å². The molecule has 1 aliphatic carbocycles. The largest absolute Gasteiger partial charge is 0.390 e. The summed E-state index contributed by atoms with van der Waals surface area (Å²) in [6.45, 7) is 7.14. The van der Waals surface area contributed by atoms with Crippen molar-refractivity contribution in [2.24, 2.45) is 16.5 Å². The van der Waals surface area contributed by atoms with Crippen LogP contribution in [0.2, 0.25) is 0 Å². The standard InChI is InChI=1S/C20H22F5NO/c1-11-6-5-9-20(3,4)14(11)8-7-12(2)26-27-10-13-15(21)17(23)19(25)18(24)16(13)22/h6-8,14H,5,9-10H2,1-4H3/b8-7+,26-12-. The molecule has 1 atom stereocenters. The molecule has 148 valence electrons. The van der Waals surface area contributed by atoms with Crippen molar-refractivity contribution in [3.05, 3.63) is 58.5 Å². The van der Waals surface area contributed by atoms with E-state index in [0.29, 0.717) is 5.71 Å². The molecule has 0 aliphatic heterocycles. The van der Waals surface area contributed by atoms with Gasteiger partial charge in [0.1, 0.15) is 6.61 Å². The highest BCUT2D eigenvalue weighted by molar-refractivity contribution is 5.92. The van der Waals surface area contributed by atoms with E-state index >= 15 is 0 Å². The van der Waals surface area contributed by atoms with E-state index < -0.39 is 41.3 Å². The van der Waals surface area contributed by atoms with Crippen molar-refractivity contribution in [2.45, 2.75) is 47.1 Å². The number of halogens is 5. The molecule has 2 nitrogen and oxygen atoms in total. The Morgan fingerprint density at radius 2 is 1.67 bits per heavy atom. The Morgan fingerprint density at radius 3 is 2.22 bits per heavy atom. The fourth-order valence-electron chi connectivity index (χ4n) is 3.22. The number of oxime groups is 1. The lowest BCUT2D eigenvalue weighted by atomic mass is 9.68. The summed E-state index contributed by atoms with van der Waals surface area (Å²) in [6, 6.07) is 0. The highest BCUT2D eigenvalue weighted by Crippen LogP contribution is 2.41. The van der Waals surface area contributed by atoms with Crippen LogP contribution in [0.15, 0.2) is 29.0 Å². The quantitative estimate of drug-likeness (QED) is 0.147. The summed E-state index contributed by atoms with van der Waals surface area (Å²) in [5, 5.41) is 3.68. The lowest BCUT2D eigenvalue weighted by Gasteiger charge is -2.36. The summed E-state index contributed by atoms with van der Waals surface area (Å²) in [5.74, 6) is -9.83. The van der Waals surface area contributed by atoms with E-state index in [0.717, 1.165) is 12.8 Å². The second-order valence-corrected chi connectivity index (χ2v) is 7.37. The first kappa shape index (κ1) is 21.1. The minimum Gasteiger partial charge on any atom is -0.390 e. The summed E-state index contributed by atoms with van der Waals surface area (Å²) in [6.07, 6.45) is 7.96. The topological polar surface area (TPSA) is 21.6 Å². The Balaban J connectivity index is 2.09. The molecule has 1 aliphatic rings. The SMILES string of the molecule is CC1=CCCC(C)(C)C1/C=C/C(C)=N\OCc1c(F)c(F)c(F)c(F)c1F. The molecule has 27 heavy (non-hydrogen) atoms. The van der Waals surface area contributed by atoms with Gasteiger partial charge in [-0.25, -0.2) is 22.0 Å². The third-order valence-corrected chi connectivity index (χ3v) is 4.84.